The number of hydrogen-bond acceptors (Lipinski definition) is 1. The molecule has 0 atom stereocenters. The summed E-state index contributed by atoms with van der Waals surface area (Å²) in [4.78, 5) is 0. The Morgan fingerprint density at radius 2 is 1.12 bits per heavy atom. The molecule has 0 bridgehead atoms. The topological polar surface area (TPSA) is 0 Å². The van der Waals surface area contributed by atoms with E-state index >= 15 is 0 Å². The Hall–Kier alpha value is 1.23. The summed E-state index contributed by atoms with van der Waals surface area (Å²) in [6, 6.07) is 0. The largest absolute Gasteiger partial charge is 0.120 e. The summed E-state index contributed by atoms with van der Waals surface area (Å²) in [5.74, 6) is 0. The van der Waals surface area contributed by atoms with Crippen molar-refractivity contribution >= 4 is 39.0 Å². The minimum absolute atomic E-state index is 0.849. The number of rotatable bonds is 11. The van der Waals surface area contributed by atoms with Crippen molar-refractivity contribution in [1.82, 2.24) is 0 Å². The Bertz CT molecular complexity index is 191. The Balaban J connectivity index is 3.02. The number of halogens is 2. The van der Waals surface area contributed by atoms with Gasteiger partial charge in [0.2, 0.25) is 0 Å². The fourth-order valence-corrected chi connectivity index (χ4v) is 3.48. The zero-order valence-electron chi connectivity index (χ0n) is 10.4. The van der Waals surface area contributed by atoms with Gasteiger partial charge in [-0.2, -0.15) is 0 Å². The van der Waals surface area contributed by atoms with Gasteiger partial charge in [-0.05, 0) is 6.42 Å². The van der Waals surface area contributed by atoms with E-state index in [4.69, 9.17) is 34.3 Å². The SMILES string of the molecule is CCCCCCCCCCCCP(=S)(Cl)Cl. The summed E-state index contributed by atoms with van der Waals surface area (Å²) in [6.45, 7) is 2.26. The quantitative estimate of drug-likeness (QED) is 0.302. The van der Waals surface area contributed by atoms with Gasteiger partial charge in [-0.25, -0.2) is 0 Å². The Kier molecular flexibility index (Phi) is 12.2. The molecule has 0 unspecified atom stereocenters. The molecule has 0 saturated heterocycles. The van der Waals surface area contributed by atoms with Gasteiger partial charge in [0, 0.05) is 6.16 Å². The van der Waals surface area contributed by atoms with Gasteiger partial charge in [-0.1, -0.05) is 99.0 Å². The minimum Gasteiger partial charge on any atom is -0.0684 e. The van der Waals surface area contributed by atoms with E-state index in [2.05, 4.69) is 6.92 Å². The lowest BCUT2D eigenvalue weighted by molar-refractivity contribution is 0.563. The normalized spacial score (nSPS) is 11.9. The minimum atomic E-state index is -1.96. The van der Waals surface area contributed by atoms with Crippen LogP contribution in [0.1, 0.15) is 71.1 Å². The van der Waals surface area contributed by atoms with Crippen LogP contribution in [0.15, 0.2) is 0 Å². The maximum absolute atomic E-state index is 5.84. The van der Waals surface area contributed by atoms with E-state index in [-0.39, 0.29) is 0 Å². The van der Waals surface area contributed by atoms with E-state index in [1.807, 2.05) is 0 Å². The number of unbranched alkanes of at least 4 members (excludes halogenated alkanes) is 9. The lowest BCUT2D eigenvalue weighted by atomic mass is 10.1. The molecule has 4 heteroatoms. The third-order valence-corrected chi connectivity index (χ3v) is 5.17. The van der Waals surface area contributed by atoms with Crippen molar-refractivity contribution in [2.24, 2.45) is 0 Å². The molecule has 0 spiro atoms. The first-order chi connectivity index (χ1) is 7.56. The van der Waals surface area contributed by atoms with Gasteiger partial charge in [0.25, 0.3) is 0 Å². The van der Waals surface area contributed by atoms with Crippen LogP contribution in [-0.2, 0) is 11.8 Å². The average Bonchev–Trinajstić information content (AvgIpc) is 2.19. The second-order valence-corrected chi connectivity index (χ2v) is 13.1. The maximum atomic E-state index is 5.84. The van der Waals surface area contributed by atoms with Crippen molar-refractivity contribution < 1.29 is 0 Å². The molecule has 0 rings (SSSR count). The van der Waals surface area contributed by atoms with E-state index in [1.54, 1.807) is 0 Å². The van der Waals surface area contributed by atoms with Gasteiger partial charge in [0.1, 0.15) is 4.74 Å². The predicted molar refractivity (Wildman–Crippen MR) is 82.7 cm³/mol. The van der Waals surface area contributed by atoms with E-state index in [1.165, 1.54) is 57.8 Å². The Morgan fingerprint density at radius 3 is 1.50 bits per heavy atom. The molecular formula is C12H25Cl2PS. The molecule has 0 N–H and O–H groups in total. The lowest BCUT2D eigenvalue weighted by Gasteiger charge is -2.04. The third kappa shape index (κ3) is 15.2. The molecule has 0 aliphatic carbocycles. The summed E-state index contributed by atoms with van der Waals surface area (Å²) in [7, 11) is 0. The molecule has 0 fully saturated rings. The molecule has 0 saturated carbocycles. The van der Waals surface area contributed by atoms with Crippen molar-refractivity contribution in [3.63, 3.8) is 0 Å². The first kappa shape index (κ1) is 17.2. The van der Waals surface area contributed by atoms with Gasteiger partial charge >= 0.3 is 0 Å². The molecule has 0 aliphatic heterocycles. The Labute approximate surface area is 116 Å². The molecule has 0 aliphatic rings. The van der Waals surface area contributed by atoms with Crippen LogP contribution in [0, 0.1) is 0 Å². The van der Waals surface area contributed by atoms with Crippen molar-refractivity contribution in [3.05, 3.63) is 0 Å². The molecule has 98 valence electrons. The van der Waals surface area contributed by atoms with Gasteiger partial charge in [-0.15, -0.1) is 0 Å². The molecule has 0 aromatic heterocycles. The van der Waals surface area contributed by atoms with Gasteiger partial charge in [0.15, 0.2) is 0 Å². The van der Waals surface area contributed by atoms with Crippen LogP contribution in [0.2, 0.25) is 0 Å². The second kappa shape index (κ2) is 11.3. The zero-order chi connectivity index (χ0) is 12.3. The molecular weight excluding hydrogens is 278 g/mol. The number of hydrogen-bond donors (Lipinski definition) is 0. The molecule has 0 nitrogen and oxygen atoms in total. The predicted octanol–water partition coefficient (Wildman–Crippen LogP) is 6.69. The van der Waals surface area contributed by atoms with Gasteiger partial charge < -0.3 is 0 Å². The molecule has 0 heterocycles. The molecule has 0 aromatic carbocycles. The van der Waals surface area contributed by atoms with E-state index in [0.29, 0.717) is 0 Å². The highest BCUT2D eigenvalue weighted by molar-refractivity contribution is 8.39. The molecule has 16 heavy (non-hydrogen) atoms. The smallest absolute Gasteiger partial charge is 0.0684 e. The van der Waals surface area contributed by atoms with Crippen molar-refractivity contribution in [1.29, 1.82) is 0 Å². The highest BCUT2D eigenvalue weighted by Gasteiger charge is 2.06. The molecule has 0 radical (unpaired) electrons. The average molecular weight is 303 g/mol. The summed E-state index contributed by atoms with van der Waals surface area (Å²) in [5.41, 5.74) is 0. The fourth-order valence-electron chi connectivity index (χ4n) is 1.78. The van der Waals surface area contributed by atoms with E-state index < -0.39 is 4.74 Å². The monoisotopic (exact) mass is 302 g/mol. The lowest BCUT2D eigenvalue weighted by Crippen LogP contribution is -1.83. The summed E-state index contributed by atoms with van der Waals surface area (Å²) >= 11 is 16.7. The highest BCUT2D eigenvalue weighted by Crippen LogP contribution is 2.57. The first-order valence-electron chi connectivity index (χ1n) is 6.54. The van der Waals surface area contributed by atoms with Crippen LogP contribution in [0.4, 0.5) is 0 Å². The van der Waals surface area contributed by atoms with Crippen molar-refractivity contribution in [2.75, 3.05) is 6.16 Å². The Morgan fingerprint density at radius 1 is 0.750 bits per heavy atom. The van der Waals surface area contributed by atoms with Gasteiger partial charge in [-0.3, -0.25) is 0 Å². The summed E-state index contributed by atoms with van der Waals surface area (Å²) in [5, 5.41) is 0. The van der Waals surface area contributed by atoms with Crippen molar-refractivity contribution in [3.8, 4) is 0 Å². The molecule has 0 amide bonds. The maximum Gasteiger partial charge on any atom is 0.120 e. The third-order valence-electron chi connectivity index (χ3n) is 2.77. The second-order valence-electron chi connectivity index (χ2n) is 4.48. The summed E-state index contributed by atoms with van der Waals surface area (Å²) in [6.07, 6.45) is 14.2. The van der Waals surface area contributed by atoms with Crippen LogP contribution in [-0.4, -0.2) is 6.16 Å². The van der Waals surface area contributed by atoms with Gasteiger partial charge in [0.05, 0.1) is 0 Å². The van der Waals surface area contributed by atoms with E-state index in [0.717, 1.165) is 12.6 Å². The van der Waals surface area contributed by atoms with Crippen molar-refractivity contribution in [2.45, 2.75) is 71.1 Å². The van der Waals surface area contributed by atoms with Crippen LogP contribution >= 0.6 is 27.2 Å². The molecule has 0 aromatic rings. The summed E-state index contributed by atoms with van der Waals surface area (Å²) < 4.78 is -1.96. The fraction of sp³-hybridized carbons (Fsp3) is 1.00. The van der Waals surface area contributed by atoms with Crippen LogP contribution in [0.3, 0.4) is 0 Å². The van der Waals surface area contributed by atoms with Crippen LogP contribution < -0.4 is 0 Å². The zero-order valence-corrected chi connectivity index (χ0v) is 13.6. The first-order valence-corrected chi connectivity index (χ1v) is 11.3. The standard InChI is InChI=1S/C12H25Cl2PS/c1-2-3-4-5-6-7-8-9-10-11-12-15(13,14)16/h2-12H2,1H3. The highest BCUT2D eigenvalue weighted by atomic mass is 35.9. The van der Waals surface area contributed by atoms with E-state index in [9.17, 15) is 0 Å². The van der Waals surface area contributed by atoms with Crippen LogP contribution in [0.25, 0.3) is 0 Å². The van der Waals surface area contributed by atoms with Crippen LogP contribution in [0.5, 0.6) is 0 Å².